The second-order valence-electron chi connectivity index (χ2n) is 8.45. The molecular weight excluding hydrogens is 509 g/mol. The summed E-state index contributed by atoms with van der Waals surface area (Å²) >= 11 is 18.3. The molecule has 2 heterocycles. The second kappa shape index (κ2) is 10.8. The molecule has 1 N–H and O–H groups in total. The van der Waals surface area contributed by atoms with E-state index in [0.717, 1.165) is 22.4 Å². The van der Waals surface area contributed by atoms with Crippen LogP contribution in [0.25, 0.3) is 0 Å². The van der Waals surface area contributed by atoms with E-state index in [4.69, 9.17) is 44.0 Å². The minimum absolute atomic E-state index is 0.166. The van der Waals surface area contributed by atoms with Crippen molar-refractivity contribution in [1.29, 1.82) is 0 Å². The molecule has 0 aliphatic carbocycles. The van der Waals surface area contributed by atoms with Gasteiger partial charge in [0.1, 0.15) is 18.1 Å². The number of furan rings is 1. The molecule has 4 rings (SSSR count). The van der Waals surface area contributed by atoms with Crippen LogP contribution in [0, 0.1) is 6.92 Å². The third-order valence-corrected chi connectivity index (χ3v) is 6.53. The Morgan fingerprint density at radius 3 is 2.60 bits per heavy atom. The lowest BCUT2D eigenvalue weighted by atomic mass is 10.0. The summed E-state index contributed by atoms with van der Waals surface area (Å²) in [6.45, 7) is 6.76. The molecule has 2 aromatic heterocycles. The Hall–Kier alpha value is -2.93. The van der Waals surface area contributed by atoms with Crippen LogP contribution in [0.15, 0.2) is 59.1 Å². The summed E-state index contributed by atoms with van der Waals surface area (Å²) < 4.78 is 13.4. The van der Waals surface area contributed by atoms with Crippen LogP contribution in [0.4, 0.5) is 5.82 Å². The molecule has 1 amide bonds. The number of carbonyl (C=O) groups is 1. The minimum Gasteiger partial charge on any atom is -0.485 e. The summed E-state index contributed by atoms with van der Waals surface area (Å²) in [5, 5.41) is 8.80. The Kier molecular flexibility index (Phi) is 7.75. The van der Waals surface area contributed by atoms with Gasteiger partial charge in [-0.25, -0.2) is 0 Å². The van der Waals surface area contributed by atoms with Crippen LogP contribution in [0.2, 0.25) is 15.1 Å². The number of hydrogen-bond donors (Lipinski definition) is 1. The smallest absolute Gasteiger partial charge is 0.292 e. The van der Waals surface area contributed by atoms with Gasteiger partial charge >= 0.3 is 0 Å². The fourth-order valence-corrected chi connectivity index (χ4v) is 3.99. The molecule has 9 heteroatoms. The maximum Gasteiger partial charge on any atom is 0.292 e. The first-order valence-electron chi connectivity index (χ1n) is 11.0. The molecule has 0 atom stereocenters. The van der Waals surface area contributed by atoms with Crippen molar-refractivity contribution in [1.82, 2.24) is 9.78 Å². The summed E-state index contributed by atoms with van der Waals surface area (Å²) in [4.78, 5) is 12.6. The highest BCUT2D eigenvalue weighted by atomic mass is 35.5. The molecular formula is C26H24Cl3N3O3. The van der Waals surface area contributed by atoms with Crippen LogP contribution in [0.3, 0.4) is 0 Å². The van der Waals surface area contributed by atoms with Crippen molar-refractivity contribution < 1.29 is 13.9 Å². The Morgan fingerprint density at radius 1 is 1.06 bits per heavy atom. The molecule has 0 unspecified atom stereocenters. The van der Waals surface area contributed by atoms with Gasteiger partial charge in [-0.2, -0.15) is 5.10 Å². The third kappa shape index (κ3) is 6.20. The number of anilines is 1. The Labute approximate surface area is 218 Å². The molecule has 0 aliphatic heterocycles. The summed E-state index contributed by atoms with van der Waals surface area (Å²) in [6.07, 6.45) is 1.76. The fraction of sp³-hybridized carbons (Fsp3) is 0.231. The van der Waals surface area contributed by atoms with Crippen LogP contribution >= 0.6 is 34.8 Å². The molecule has 0 saturated carbocycles. The number of benzene rings is 2. The van der Waals surface area contributed by atoms with Crippen molar-refractivity contribution in [3.63, 3.8) is 0 Å². The molecule has 182 valence electrons. The first-order chi connectivity index (χ1) is 16.7. The van der Waals surface area contributed by atoms with Gasteiger partial charge in [0.15, 0.2) is 11.6 Å². The van der Waals surface area contributed by atoms with Crippen molar-refractivity contribution >= 4 is 46.5 Å². The van der Waals surface area contributed by atoms with E-state index < -0.39 is 5.91 Å². The minimum atomic E-state index is -0.402. The van der Waals surface area contributed by atoms with Crippen LogP contribution in [-0.4, -0.2) is 15.7 Å². The molecule has 2 aromatic carbocycles. The van der Waals surface area contributed by atoms with Gasteiger partial charge in [0.05, 0.1) is 16.6 Å². The molecule has 0 spiro atoms. The second-order valence-corrected chi connectivity index (χ2v) is 9.67. The molecule has 0 saturated heterocycles. The van der Waals surface area contributed by atoms with E-state index in [-0.39, 0.29) is 18.3 Å². The summed E-state index contributed by atoms with van der Waals surface area (Å²) in [5.74, 6) is 1.69. The van der Waals surface area contributed by atoms with Gasteiger partial charge in [0.25, 0.3) is 5.91 Å². The average Bonchev–Trinajstić information content (AvgIpc) is 3.46. The average molecular weight is 533 g/mol. The Morgan fingerprint density at radius 2 is 1.86 bits per heavy atom. The normalized spacial score (nSPS) is 11.2. The highest BCUT2D eigenvalue weighted by Gasteiger charge is 2.15. The van der Waals surface area contributed by atoms with E-state index in [1.165, 1.54) is 0 Å². The zero-order chi connectivity index (χ0) is 25.1. The predicted molar refractivity (Wildman–Crippen MR) is 139 cm³/mol. The van der Waals surface area contributed by atoms with Gasteiger partial charge in [-0.1, -0.05) is 54.7 Å². The maximum absolute atomic E-state index is 12.6. The zero-order valence-electron chi connectivity index (χ0n) is 19.4. The largest absolute Gasteiger partial charge is 0.485 e. The highest BCUT2D eigenvalue weighted by molar-refractivity contribution is 6.42. The van der Waals surface area contributed by atoms with Crippen molar-refractivity contribution in [2.45, 2.75) is 39.8 Å². The van der Waals surface area contributed by atoms with Gasteiger partial charge in [-0.05, 0) is 65.9 Å². The van der Waals surface area contributed by atoms with E-state index in [0.29, 0.717) is 33.2 Å². The number of carbonyl (C=O) groups excluding carboxylic acids is 1. The number of aryl methyl sites for hydroxylation is 1. The number of rotatable bonds is 8. The van der Waals surface area contributed by atoms with E-state index in [9.17, 15) is 4.79 Å². The number of hydrogen-bond acceptors (Lipinski definition) is 4. The maximum atomic E-state index is 12.6. The van der Waals surface area contributed by atoms with Crippen LogP contribution in [0.5, 0.6) is 5.75 Å². The van der Waals surface area contributed by atoms with E-state index in [1.54, 1.807) is 41.2 Å². The number of amides is 1. The van der Waals surface area contributed by atoms with Crippen LogP contribution < -0.4 is 10.1 Å². The summed E-state index contributed by atoms with van der Waals surface area (Å²) in [7, 11) is 0. The molecule has 0 aliphatic rings. The van der Waals surface area contributed by atoms with Crippen LogP contribution in [0.1, 0.15) is 52.8 Å². The van der Waals surface area contributed by atoms with Gasteiger partial charge in [-0.15, -0.1) is 0 Å². The summed E-state index contributed by atoms with van der Waals surface area (Å²) in [5.41, 5.74) is 2.89. The predicted octanol–water partition coefficient (Wildman–Crippen LogP) is 7.75. The zero-order valence-corrected chi connectivity index (χ0v) is 21.7. The Bertz CT molecular complexity index is 1360. The van der Waals surface area contributed by atoms with Crippen molar-refractivity contribution in [2.24, 2.45) is 0 Å². The SMILES string of the molecule is Cc1cc(OCc2ccc(C(=O)Nc3ccn(Cc4ccc(Cl)c(Cl)c4)n3)o2)c(C(C)C)cc1Cl. The van der Waals surface area contributed by atoms with Gasteiger partial charge in [0.2, 0.25) is 0 Å². The number of nitrogens with zero attached hydrogens (tertiary/aromatic N) is 2. The van der Waals surface area contributed by atoms with Gasteiger partial charge in [-0.3, -0.25) is 9.48 Å². The lowest BCUT2D eigenvalue weighted by Crippen LogP contribution is -2.12. The molecule has 35 heavy (non-hydrogen) atoms. The van der Waals surface area contributed by atoms with E-state index >= 15 is 0 Å². The fourth-order valence-electron chi connectivity index (χ4n) is 3.49. The van der Waals surface area contributed by atoms with Crippen LogP contribution in [-0.2, 0) is 13.2 Å². The monoisotopic (exact) mass is 531 g/mol. The Balaban J connectivity index is 1.37. The van der Waals surface area contributed by atoms with Crippen molar-refractivity contribution in [3.05, 3.63) is 98.0 Å². The van der Waals surface area contributed by atoms with Crippen molar-refractivity contribution in [3.8, 4) is 5.75 Å². The molecule has 0 radical (unpaired) electrons. The quantitative estimate of drug-likeness (QED) is 0.252. The first-order valence-corrected chi connectivity index (χ1v) is 12.1. The van der Waals surface area contributed by atoms with E-state index in [1.807, 2.05) is 25.1 Å². The van der Waals surface area contributed by atoms with Crippen molar-refractivity contribution in [2.75, 3.05) is 5.32 Å². The topological polar surface area (TPSA) is 69.3 Å². The highest BCUT2D eigenvalue weighted by Crippen LogP contribution is 2.32. The lowest BCUT2D eigenvalue weighted by molar-refractivity contribution is 0.0992. The molecule has 0 bridgehead atoms. The number of ether oxygens (including phenoxy) is 1. The third-order valence-electron chi connectivity index (χ3n) is 5.38. The molecule has 4 aromatic rings. The summed E-state index contributed by atoms with van der Waals surface area (Å²) in [6, 6.07) is 14.3. The van der Waals surface area contributed by atoms with E-state index in [2.05, 4.69) is 24.3 Å². The molecule has 6 nitrogen and oxygen atoms in total. The standard InChI is InChI=1S/C26H24Cl3N3O3/c1-15(2)19-12-21(28)16(3)10-24(19)34-14-18-5-7-23(35-18)26(33)30-25-8-9-32(31-25)13-17-4-6-20(27)22(29)11-17/h4-12,15H,13-14H2,1-3H3,(H,30,31,33). The number of nitrogens with one attached hydrogen (secondary N) is 1. The first kappa shape index (κ1) is 25.2. The molecule has 0 fully saturated rings. The lowest BCUT2D eigenvalue weighted by Gasteiger charge is -2.15. The van der Waals surface area contributed by atoms with Gasteiger partial charge < -0.3 is 14.5 Å². The number of halogens is 3. The number of aromatic nitrogens is 2. The van der Waals surface area contributed by atoms with Gasteiger partial charge in [0, 0.05) is 17.3 Å².